The summed E-state index contributed by atoms with van der Waals surface area (Å²) >= 11 is 0. The number of anilines is 1. The van der Waals surface area contributed by atoms with E-state index in [0.717, 1.165) is 25.9 Å². The van der Waals surface area contributed by atoms with Gasteiger partial charge in [0.25, 0.3) is 0 Å². The Bertz CT molecular complexity index is 363. The van der Waals surface area contributed by atoms with E-state index in [1.807, 2.05) is 6.92 Å². The third-order valence-electron chi connectivity index (χ3n) is 3.13. The smallest absolute Gasteiger partial charge is 0.324 e. The van der Waals surface area contributed by atoms with Crippen LogP contribution in [0.4, 0.5) is 6.01 Å². The molecule has 3 heterocycles. The van der Waals surface area contributed by atoms with E-state index in [0.29, 0.717) is 25.1 Å². The van der Waals surface area contributed by atoms with E-state index in [4.69, 9.17) is 14.0 Å². The summed E-state index contributed by atoms with van der Waals surface area (Å²) in [5.41, 5.74) is 0. The predicted octanol–water partition coefficient (Wildman–Crippen LogP) is 0.721. The van der Waals surface area contributed by atoms with Gasteiger partial charge in [0, 0.05) is 25.9 Å². The van der Waals surface area contributed by atoms with Gasteiger partial charge in [-0.15, -0.1) is 0 Å². The van der Waals surface area contributed by atoms with Crippen LogP contribution >= 0.6 is 0 Å². The van der Waals surface area contributed by atoms with Crippen molar-refractivity contribution in [3.05, 3.63) is 5.82 Å². The molecule has 2 saturated heterocycles. The first-order valence-corrected chi connectivity index (χ1v) is 5.61. The maximum Gasteiger partial charge on any atom is 0.324 e. The van der Waals surface area contributed by atoms with Crippen molar-refractivity contribution in [1.82, 2.24) is 10.1 Å². The number of aromatic nitrogens is 2. The Labute approximate surface area is 93.5 Å². The van der Waals surface area contributed by atoms with Crippen LogP contribution in [0.3, 0.4) is 0 Å². The Morgan fingerprint density at radius 1 is 1.19 bits per heavy atom. The molecule has 6 nitrogen and oxygen atoms in total. The van der Waals surface area contributed by atoms with Crippen molar-refractivity contribution in [2.24, 2.45) is 0 Å². The number of rotatable bonds is 1. The lowest BCUT2D eigenvalue weighted by atomic mass is 10.0. The molecule has 2 aliphatic rings. The first-order valence-electron chi connectivity index (χ1n) is 5.61. The molecule has 0 aromatic carbocycles. The van der Waals surface area contributed by atoms with E-state index in [1.54, 1.807) is 0 Å². The minimum atomic E-state index is -0.342. The molecule has 0 aliphatic carbocycles. The van der Waals surface area contributed by atoms with Gasteiger partial charge < -0.3 is 18.9 Å². The molecular weight excluding hydrogens is 210 g/mol. The topological polar surface area (TPSA) is 60.6 Å². The van der Waals surface area contributed by atoms with Crippen LogP contribution in [0.1, 0.15) is 18.7 Å². The maximum absolute atomic E-state index is 5.66. The van der Waals surface area contributed by atoms with Gasteiger partial charge in [0.2, 0.25) is 0 Å². The van der Waals surface area contributed by atoms with Crippen molar-refractivity contribution in [2.45, 2.75) is 25.6 Å². The van der Waals surface area contributed by atoms with Gasteiger partial charge in [0.05, 0.1) is 13.2 Å². The number of ether oxygens (including phenoxy) is 2. The third-order valence-corrected chi connectivity index (χ3v) is 3.13. The van der Waals surface area contributed by atoms with Crippen molar-refractivity contribution in [1.29, 1.82) is 0 Å². The molecule has 1 spiro atoms. The SMILES string of the molecule is Cc1noc(N2CCC3(CC2)OCCO3)n1. The predicted molar refractivity (Wildman–Crippen MR) is 55.1 cm³/mol. The highest BCUT2D eigenvalue weighted by molar-refractivity contribution is 5.26. The normalized spacial score (nSPS) is 24.2. The molecule has 1 aromatic heterocycles. The number of hydrogen-bond acceptors (Lipinski definition) is 6. The van der Waals surface area contributed by atoms with Crippen molar-refractivity contribution in [2.75, 3.05) is 31.2 Å². The summed E-state index contributed by atoms with van der Waals surface area (Å²) in [6.07, 6.45) is 1.71. The lowest BCUT2D eigenvalue weighted by Crippen LogP contribution is -2.45. The van der Waals surface area contributed by atoms with Gasteiger partial charge in [-0.2, -0.15) is 4.98 Å². The second-order valence-electron chi connectivity index (χ2n) is 4.22. The van der Waals surface area contributed by atoms with Crippen molar-refractivity contribution in [3.63, 3.8) is 0 Å². The monoisotopic (exact) mass is 225 g/mol. The van der Waals surface area contributed by atoms with Gasteiger partial charge in [0.1, 0.15) is 0 Å². The molecule has 2 fully saturated rings. The lowest BCUT2D eigenvalue weighted by molar-refractivity contribution is -0.169. The van der Waals surface area contributed by atoms with Gasteiger partial charge in [-0.3, -0.25) is 0 Å². The molecule has 16 heavy (non-hydrogen) atoms. The highest BCUT2D eigenvalue weighted by atomic mass is 16.7. The van der Waals surface area contributed by atoms with Crippen LogP contribution < -0.4 is 4.90 Å². The van der Waals surface area contributed by atoms with E-state index < -0.39 is 0 Å². The molecule has 0 atom stereocenters. The maximum atomic E-state index is 5.66. The second-order valence-corrected chi connectivity index (χ2v) is 4.22. The molecule has 0 amide bonds. The minimum Gasteiger partial charge on any atom is -0.347 e. The van der Waals surface area contributed by atoms with Crippen molar-refractivity contribution >= 4 is 6.01 Å². The van der Waals surface area contributed by atoms with Crippen molar-refractivity contribution < 1.29 is 14.0 Å². The van der Waals surface area contributed by atoms with Crippen LogP contribution in [0.2, 0.25) is 0 Å². The van der Waals surface area contributed by atoms with E-state index >= 15 is 0 Å². The molecule has 0 radical (unpaired) electrons. The van der Waals surface area contributed by atoms with E-state index in [9.17, 15) is 0 Å². The summed E-state index contributed by atoms with van der Waals surface area (Å²) in [6.45, 7) is 4.91. The molecule has 88 valence electrons. The fourth-order valence-corrected chi connectivity index (χ4v) is 2.24. The summed E-state index contributed by atoms with van der Waals surface area (Å²) in [6, 6.07) is 0.602. The summed E-state index contributed by atoms with van der Waals surface area (Å²) in [5, 5.41) is 3.79. The van der Waals surface area contributed by atoms with Crippen LogP contribution in [0.25, 0.3) is 0 Å². The highest BCUT2D eigenvalue weighted by Crippen LogP contribution is 2.32. The van der Waals surface area contributed by atoms with Gasteiger partial charge >= 0.3 is 6.01 Å². The van der Waals surface area contributed by atoms with E-state index in [-0.39, 0.29) is 5.79 Å². The van der Waals surface area contributed by atoms with Gasteiger partial charge in [-0.05, 0) is 6.92 Å². The van der Waals surface area contributed by atoms with Crippen LogP contribution in [-0.4, -0.2) is 42.2 Å². The van der Waals surface area contributed by atoms with E-state index in [1.165, 1.54) is 0 Å². The summed E-state index contributed by atoms with van der Waals surface area (Å²) in [5.74, 6) is 0.328. The zero-order valence-corrected chi connectivity index (χ0v) is 9.31. The minimum absolute atomic E-state index is 0.342. The summed E-state index contributed by atoms with van der Waals surface area (Å²) in [4.78, 5) is 6.30. The van der Waals surface area contributed by atoms with Crippen LogP contribution in [0, 0.1) is 6.92 Å². The first-order chi connectivity index (χ1) is 7.77. The summed E-state index contributed by atoms with van der Waals surface area (Å²) in [7, 11) is 0. The second kappa shape index (κ2) is 3.71. The molecule has 0 saturated carbocycles. The average molecular weight is 225 g/mol. The van der Waals surface area contributed by atoms with E-state index in [2.05, 4.69) is 15.0 Å². The largest absolute Gasteiger partial charge is 0.347 e. The standard InChI is InChI=1S/C10H15N3O3/c1-8-11-9(16-12-8)13-4-2-10(3-5-13)14-6-7-15-10/h2-7H2,1H3. The van der Waals surface area contributed by atoms with Crippen LogP contribution in [0.5, 0.6) is 0 Å². The fourth-order valence-electron chi connectivity index (χ4n) is 2.24. The van der Waals surface area contributed by atoms with Gasteiger partial charge in [-0.25, -0.2) is 0 Å². The Hall–Kier alpha value is -1.14. The third kappa shape index (κ3) is 1.68. The number of hydrogen-bond donors (Lipinski definition) is 0. The Kier molecular flexibility index (Phi) is 2.33. The molecule has 0 bridgehead atoms. The molecule has 1 aromatic rings. The Morgan fingerprint density at radius 3 is 2.44 bits per heavy atom. The molecular formula is C10H15N3O3. The molecule has 0 unspecified atom stereocenters. The van der Waals surface area contributed by atoms with Crippen LogP contribution in [-0.2, 0) is 9.47 Å². The number of nitrogens with zero attached hydrogens (tertiary/aromatic N) is 3. The first kappa shape index (κ1) is 10.0. The molecule has 0 N–H and O–H groups in total. The van der Waals surface area contributed by atoms with Crippen molar-refractivity contribution in [3.8, 4) is 0 Å². The summed E-state index contributed by atoms with van der Waals surface area (Å²) < 4.78 is 16.4. The van der Waals surface area contributed by atoms with Crippen LogP contribution in [0.15, 0.2) is 4.52 Å². The highest BCUT2D eigenvalue weighted by Gasteiger charge is 2.40. The van der Waals surface area contributed by atoms with Gasteiger partial charge in [-0.1, -0.05) is 5.16 Å². The number of piperidine rings is 1. The Morgan fingerprint density at radius 2 is 1.88 bits per heavy atom. The zero-order valence-electron chi connectivity index (χ0n) is 9.31. The molecule has 2 aliphatic heterocycles. The van der Waals surface area contributed by atoms with Gasteiger partial charge in [0.15, 0.2) is 11.6 Å². The molecule has 6 heteroatoms. The quantitative estimate of drug-likeness (QED) is 0.702. The molecule has 3 rings (SSSR count). The Balaban J connectivity index is 1.66. The number of aryl methyl sites for hydroxylation is 1. The average Bonchev–Trinajstić information content (AvgIpc) is 2.90. The lowest BCUT2D eigenvalue weighted by Gasteiger charge is -2.36. The fraction of sp³-hybridized carbons (Fsp3) is 0.800. The zero-order chi connectivity index (χ0) is 11.0.